The van der Waals surface area contributed by atoms with Crippen molar-refractivity contribution >= 4 is 23.4 Å². The first-order chi connectivity index (χ1) is 19.6. The molecule has 1 N–H and O–H groups in total. The molecule has 1 fully saturated rings. The van der Waals surface area contributed by atoms with Gasteiger partial charge in [0.25, 0.3) is 0 Å². The van der Waals surface area contributed by atoms with Crippen LogP contribution in [0.5, 0.6) is 5.75 Å². The second kappa shape index (κ2) is 9.49. The van der Waals surface area contributed by atoms with E-state index in [1.54, 1.807) is 18.2 Å². The summed E-state index contributed by atoms with van der Waals surface area (Å²) in [6.45, 7) is 0. The van der Waals surface area contributed by atoms with Crippen LogP contribution in [-0.4, -0.2) is 35.8 Å². The molecule has 0 unspecified atom stereocenters. The van der Waals surface area contributed by atoms with E-state index in [-0.39, 0.29) is 30.1 Å². The lowest BCUT2D eigenvalue weighted by Gasteiger charge is -2.45. The van der Waals surface area contributed by atoms with Crippen LogP contribution < -0.4 is 10.1 Å². The maximum atomic E-state index is 14.4. The van der Waals surface area contributed by atoms with Crippen molar-refractivity contribution in [2.75, 3.05) is 12.4 Å². The van der Waals surface area contributed by atoms with Crippen LogP contribution in [0.15, 0.2) is 103 Å². The molecule has 0 radical (unpaired) electrons. The molecule has 3 atom stereocenters. The van der Waals surface area contributed by atoms with Gasteiger partial charge in [0, 0.05) is 18.3 Å². The van der Waals surface area contributed by atoms with Gasteiger partial charge in [0.05, 0.1) is 24.6 Å². The Morgan fingerprint density at radius 2 is 1.20 bits per heavy atom. The Hall–Kier alpha value is -4.71. The second-order valence-electron chi connectivity index (χ2n) is 10.7. The molecule has 3 aliphatic carbocycles. The standard InChI is InChI=1S/C34H28N2O4/c1-40-27-18-10-9-17-25(27)35-32(37)26(19-20-11-3-2-4-12-20)36-33(38)30-28-21-13-5-6-14-22(21)29(31(30)34(36)39)24-16-8-7-15-23(24)28/h2-18,26,28-31H,19H2,1H3,(H,35,37)/t26-,28?,29?,30+,31+/m1/s1. The van der Waals surface area contributed by atoms with E-state index in [9.17, 15) is 14.4 Å². The number of rotatable bonds is 6. The predicted molar refractivity (Wildman–Crippen MR) is 151 cm³/mol. The Labute approximate surface area is 232 Å². The number of amides is 3. The summed E-state index contributed by atoms with van der Waals surface area (Å²) < 4.78 is 5.43. The first-order valence-electron chi connectivity index (χ1n) is 13.6. The van der Waals surface area contributed by atoms with Crippen molar-refractivity contribution in [3.8, 4) is 5.75 Å². The number of imide groups is 1. The van der Waals surface area contributed by atoms with E-state index in [0.717, 1.165) is 27.8 Å². The molecular weight excluding hydrogens is 500 g/mol. The molecule has 3 amide bonds. The molecule has 2 bridgehead atoms. The van der Waals surface area contributed by atoms with Gasteiger partial charge in [-0.3, -0.25) is 19.3 Å². The van der Waals surface area contributed by atoms with Gasteiger partial charge in [-0.2, -0.15) is 0 Å². The van der Waals surface area contributed by atoms with Crippen LogP contribution in [0.4, 0.5) is 5.69 Å². The number of methoxy groups -OCH3 is 1. The number of hydrogen-bond acceptors (Lipinski definition) is 4. The Morgan fingerprint density at radius 3 is 1.73 bits per heavy atom. The summed E-state index contributed by atoms with van der Waals surface area (Å²) in [5.74, 6) is -1.99. The highest BCUT2D eigenvalue weighted by atomic mass is 16.5. The number of anilines is 1. The summed E-state index contributed by atoms with van der Waals surface area (Å²) in [6.07, 6.45) is 0.216. The van der Waals surface area contributed by atoms with Gasteiger partial charge in [-0.25, -0.2) is 0 Å². The number of carbonyl (C=O) groups excluding carboxylic acids is 3. The molecule has 4 aromatic rings. The fraction of sp³-hybridized carbons (Fsp3) is 0.206. The zero-order valence-corrected chi connectivity index (χ0v) is 22.0. The van der Waals surface area contributed by atoms with Crippen LogP contribution in [0.3, 0.4) is 0 Å². The third-order valence-corrected chi connectivity index (χ3v) is 8.73. The first-order valence-corrected chi connectivity index (χ1v) is 13.6. The molecule has 40 heavy (non-hydrogen) atoms. The van der Waals surface area contributed by atoms with Crippen molar-refractivity contribution in [3.63, 3.8) is 0 Å². The minimum Gasteiger partial charge on any atom is -0.495 e. The lowest BCUT2D eigenvalue weighted by Crippen LogP contribution is -2.49. The van der Waals surface area contributed by atoms with Gasteiger partial charge >= 0.3 is 0 Å². The molecule has 1 saturated heterocycles. The van der Waals surface area contributed by atoms with E-state index in [2.05, 4.69) is 29.6 Å². The van der Waals surface area contributed by atoms with Gasteiger partial charge < -0.3 is 10.1 Å². The van der Waals surface area contributed by atoms with Gasteiger partial charge in [0.2, 0.25) is 17.7 Å². The lowest BCUT2D eigenvalue weighted by molar-refractivity contribution is -0.146. The number of ether oxygens (including phenoxy) is 1. The fourth-order valence-corrected chi connectivity index (χ4v) is 7.11. The Bertz CT molecular complexity index is 1530. The molecule has 8 rings (SSSR count). The van der Waals surface area contributed by atoms with E-state index < -0.39 is 23.8 Å². The first kappa shape index (κ1) is 24.3. The Morgan fingerprint density at radius 1 is 0.725 bits per heavy atom. The minimum atomic E-state index is -1.01. The summed E-state index contributed by atoms with van der Waals surface area (Å²) in [7, 11) is 1.54. The number of nitrogens with one attached hydrogen (secondary N) is 1. The molecule has 0 aromatic heterocycles. The third kappa shape index (κ3) is 3.59. The van der Waals surface area contributed by atoms with Crippen molar-refractivity contribution in [3.05, 3.63) is 131 Å². The highest BCUT2D eigenvalue weighted by molar-refractivity contribution is 6.12. The average molecular weight is 529 g/mol. The molecular formula is C34H28N2O4. The molecule has 4 aliphatic rings. The largest absolute Gasteiger partial charge is 0.495 e. The smallest absolute Gasteiger partial charge is 0.248 e. The van der Waals surface area contributed by atoms with Gasteiger partial charge in [0.15, 0.2) is 0 Å². The minimum absolute atomic E-state index is 0.216. The summed E-state index contributed by atoms with van der Waals surface area (Å²) in [5.41, 5.74) is 5.78. The average Bonchev–Trinajstić information content (AvgIpc) is 3.26. The van der Waals surface area contributed by atoms with Crippen LogP contribution >= 0.6 is 0 Å². The van der Waals surface area contributed by atoms with E-state index in [0.29, 0.717) is 11.4 Å². The number of carbonyl (C=O) groups is 3. The quantitative estimate of drug-likeness (QED) is 0.352. The van der Waals surface area contributed by atoms with Crippen molar-refractivity contribution in [2.24, 2.45) is 11.8 Å². The number of benzene rings is 4. The van der Waals surface area contributed by atoms with E-state index >= 15 is 0 Å². The predicted octanol–water partition coefficient (Wildman–Crippen LogP) is 5.14. The zero-order valence-electron chi connectivity index (χ0n) is 22.0. The maximum absolute atomic E-state index is 14.4. The molecule has 198 valence electrons. The van der Waals surface area contributed by atoms with Crippen molar-refractivity contribution in [1.82, 2.24) is 4.90 Å². The second-order valence-corrected chi connectivity index (χ2v) is 10.7. The van der Waals surface area contributed by atoms with Crippen molar-refractivity contribution < 1.29 is 19.1 Å². The molecule has 0 spiro atoms. The van der Waals surface area contributed by atoms with Crippen LogP contribution in [0, 0.1) is 11.8 Å². The van der Waals surface area contributed by atoms with Gasteiger partial charge in [-0.05, 0) is 39.9 Å². The summed E-state index contributed by atoms with van der Waals surface area (Å²) in [4.78, 5) is 44.0. The van der Waals surface area contributed by atoms with Gasteiger partial charge in [-0.15, -0.1) is 0 Å². The monoisotopic (exact) mass is 528 g/mol. The van der Waals surface area contributed by atoms with Crippen LogP contribution in [0.2, 0.25) is 0 Å². The van der Waals surface area contributed by atoms with Crippen LogP contribution in [-0.2, 0) is 20.8 Å². The molecule has 1 aliphatic heterocycles. The fourth-order valence-electron chi connectivity index (χ4n) is 7.11. The molecule has 4 aromatic carbocycles. The lowest BCUT2D eigenvalue weighted by atomic mass is 9.55. The normalized spacial score (nSPS) is 22.8. The summed E-state index contributed by atoms with van der Waals surface area (Å²) in [5, 5.41) is 2.94. The summed E-state index contributed by atoms with van der Waals surface area (Å²) in [6, 6.07) is 31.9. The summed E-state index contributed by atoms with van der Waals surface area (Å²) >= 11 is 0. The van der Waals surface area contributed by atoms with E-state index in [4.69, 9.17) is 4.74 Å². The SMILES string of the molecule is COc1ccccc1NC(=O)[C@@H](Cc1ccccc1)N1C(=O)[C@H]2C3c4ccccc4C(c4ccccc43)[C@@H]2C1=O. The van der Waals surface area contributed by atoms with Gasteiger partial charge in [0.1, 0.15) is 11.8 Å². The van der Waals surface area contributed by atoms with Crippen LogP contribution in [0.1, 0.15) is 39.7 Å². The highest BCUT2D eigenvalue weighted by Gasteiger charge is 2.63. The number of nitrogens with zero attached hydrogens (tertiary/aromatic N) is 1. The Kier molecular flexibility index (Phi) is 5.77. The maximum Gasteiger partial charge on any atom is 0.248 e. The molecule has 6 nitrogen and oxygen atoms in total. The number of likely N-dealkylation sites (tertiary alicyclic amines) is 1. The van der Waals surface area contributed by atoms with Crippen molar-refractivity contribution in [1.29, 1.82) is 0 Å². The number of para-hydroxylation sites is 2. The van der Waals surface area contributed by atoms with Gasteiger partial charge in [-0.1, -0.05) is 91.0 Å². The number of hydrogen-bond donors (Lipinski definition) is 1. The zero-order chi connectivity index (χ0) is 27.4. The van der Waals surface area contributed by atoms with Crippen LogP contribution in [0.25, 0.3) is 0 Å². The van der Waals surface area contributed by atoms with Crippen molar-refractivity contribution in [2.45, 2.75) is 24.3 Å². The third-order valence-electron chi connectivity index (χ3n) is 8.73. The molecule has 6 heteroatoms. The van der Waals surface area contributed by atoms with E-state index in [1.165, 1.54) is 12.0 Å². The topological polar surface area (TPSA) is 75.7 Å². The highest BCUT2D eigenvalue weighted by Crippen LogP contribution is 2.61. The molecule has 0 saturated carbocycles. The Balaban J connectivity index is 1.31. The van der Waals surface area contributed by atoms with E-state index in [1.807, 2.05) is 60.7 Å². The molecule has 1 heterocycles.